The summed E-state index contributed by atoms with van der Waals surface area (Å²) in [6, 6.07) is 6.60. The lowest BCUT2D eigenvalue weighted by atomic mass is 9.73. The molecule has 0 bridgehead atoms. The molecule has 1 saturated carbocycles. The van der Waals surface area contributed by atoms with E-state index >= 15 is 0 Å². The molecule has 1 spiro atoms. The minimum Gasteiger partial charge on any atom is -0.493 e. The summed E-state index contributed by atoms with van der Waals surface area (Å²) in [4.78, 5) is 17.0. The van der Waals surface area contributed by atoms with Gasteiger partial charge in [0, 0.05) is 37.5 Å². The van der Waals surface area contributed by atoms with Gasteiger partial charge in [-0.05, 0) is 63.3 Å². The monoisotopic (exact) mass is 372 g/mol. The number of hydrogen-bond acceptors (Lipinski definition) is 4. The first-order chi connectivity index (χ1) is 13.1. The highest BCUT2D eigenvalue weighted by Crippen LogP contribution is 2.42. The van der Waals surface area contributed by atoms with E-state index in [0.717, 1.165) is 50.5 Å². The van der Waals surface area contributed by atoms with Gasteiger partial charge in [0.2, 0.25) is 5.91 Å². The Bertz CT molecular complexity index is 688. The molecule has 2 heterocycles. The molecule has 5 nitrogen and oxygen atoms in total. The van der Waals surface area contributed by atoms with Gasteiger partial charge in [-0.25, -0.2) is 0 Å². The molecule has 2 saturated heterocycles. The molecule has 1 amide bonds. The van der Waals surface area contributed by atoms with Crippen molar-refractivity contribution >= 4 is 5.91 Å². The summed E-state index contributed by atoms with van der Waals surface area (Å²) in [6.45, 7) is 6.85. The molecule has 1 aliphatic carbocycles. The standard InChI is InChI=1S/C22H32N2O3/c1-17-4-7-19(20(14-17)26-2)27-13-12-23-11-3-9-22(15-23)10-8-21(25)24(16-22)18-5-6-18/h4,7,14,18H,3,5-6,8-13,15-16H2,1-2H3/t22-/m1/s1. The smallest absolute Gasteiger partial charge is 0.222 e. The second-order valence-electron chi connectivity index (χ2n) is 8.64. The van der Waals surface area contributed by atoms with Crippen molar-refractivity contribution in [3.8, 4) is 11.5 Å². The molecule has 148 valence electrons. The molecule has 5 heteroatoms. The molecule has 3 aliphatic rings. The number of nitrogens with zero attached hydrogens (tertiary/aromatic N) is 2. The maximum absolute atomic E-state index is 12.3. The number of benzene rings is 1. The molecular formula is C22H32N2O3. The number of amides is 1. The highest BCUT2D eigenvalue weighted by atomic mass is 16.5. The van der Waals surface area contributed by atoms with Crippen LogP contribution in [0.15, 0.2) is 18.2 Å². The second-order valence-corrected chi connectivity index (χ2v) is 8.64. The lowest BCUT2D eigenvalue weighted by molar-refractivity contribution is -0.140. The number of carbonyl (C=O) groups is 1. The maximum atomic E-state index is 12.3. The molecule has 1 aromatic rings. The van der Waals surface area contributed by atoms with E-state index < -0.39 is 0 Å². The first-order valence-corrected chi connectivity index (χ1v) is 10.4. The van der Waals surface area contributed by atoms with Gasteiger partial charge in [0.15, 0.2) is 11.5 Å². The summed E-state index contributed by atoms with van der Waals surface area (Å²) in [5.41, 5.74) is 1.47. The first-order valence-electron chi connectivity index (χ1n) is 10.4. The summed E-state index contributed by atoms with van der Waals surface area (Å²) >= 11 is 0. The molecule has 1 aromatic carbocycles. The summed E-state index contributed by atoms with van der Waals surface area (Å²) in [5, 5.41) is 0. The quantitative estimate of drug-likeness (QED) is 0.769. The summed E-state index contributed by atoms with van der Waals surface area (Å²) < 4.78 is 11.4. The Morgan fingerprint density at radius 2 is 2.04 bits per heavy atom. The first kappa shape index (κ1) is 18.6. The molecule has 0 unspecified atom stereocenters. The Morgan fingerprint density at radius 3 is 2.81 bits per heavy atom. The zero-order valence-electron chi connectivity index (χ0n) is 16.7. The van der Waals surface area contributed by atoms with Crippen LogP contribution in [0.3, 0.4) is 0 Å². The van der Waals surface area contributed by atoms with Crippen molar-refractivity contribution < 1.29 is 14.3 Å². The number of methoxy groups -OCH3 is 1. The Morgan fingerprint density at radius 1 is 1.19 bits per heavy atom. The van der Waals surface area contributed by atoms with Crippen LogP contribution < -0.4 is 9.47 Å². The third-order valence-corrected chi connectivity index (χ3v) is 6.41. The predicted molar refractivity (Wildman–Crippen MR) is 105 cm³/mol. The Balaban J connectivity index is 1.32. The topological polar surface area (TPSA) is 42.0 Å². The van der Waals surface area contributed by atoms with Crippen LogP contribution in [-0.4, -0.2) is 61.6 Å². The van der Waals surface area contributed by atoms with Crippen LogP contribution >= 0.6 is 0 Å². The van der Waals surface area contributed by atoms with E-state index in [0.29, 0.717) is 24.0 Å². The van der Waals surface area contributed by atoms with Gasteiger partial charge in [-0.2, -0.15) is 0 Å². The van der Waals surface area contributed by atoms with Crippen LogP contribution in [0.4, 0.5) is 0 Å². The number of aryl methyl sites for hydroxylation is 1. The number of piperidine rings is 2. The average Bonchev–Trinajstić information content (AvgIpc) is 3.50. The third kappa shape index (κ3) is 4.23. The maximum Gasteiger partial charge on any atom is 0.222 e. The van der Waals surface area contributed by atoms with E-state index in [4.69, 9.17) is 9.47 Å². The summed E-state index contributed by atoms with van der Waals surface area (Å²) in [7, 11) is 1.69. The van der Waals surface area contributed by atoms with Crippen LogP contribution in [0.25, 0.3) is 0 Å². The van der Waals surface area contributed by atoms with Crippen LogP contribution in [0.1, 0.15) is 44.1 Å². The zero-order chi connectivity index (χ0) is 18.9. The fourth-order valence-electron chi connectivity index (χ4n) is 4.78. The molecule has 27 heavy (non-hydrogen) atoms. The summed E-state index contributed by atoms with van der Waals surface area (Å²) in [5.74, 6) is 2.00. The minimum absolute atomic E-state index is 0.302. The molecule has 0 N–H and O–H groups in total. The molecular weight excluding hydrogens is 340 g/mol. The van der Waals surface area contributed by atoms with E-state index in [9.17, 15) is 4.79 Å². The van der Waals surface area contributed by atoms with Crippen molar-refractivity contribution in [2.75, 3.05) is 39.9 Å². The van der Waals surface area contributed by atoms with Crippen molar-refractivity contribution in [2.24, 2.45) is 5.41 Å². The fraction of sp³-hybridized carbons (Fsp3) is 0.682. The normalized spacial score (nSPS) is 26.4. The van der Waals surface area contributed by atoms with Crippen molar-refractivity contribution in [3.05, 3.63) is 23.8 Å². The van der Waals surface area contributed by atoms with Gasteiger partial charge < -0.3 is 14.4 Å². The summed E-state index contributed by atoms with van der Waals surface area (Å²) in [6.07, 6.45) is 6.68. The Kier molecular flexibility index (Phi) is 5.31. The molecule has 1 atom stereocenters. The number of hydrogen-bond donors (Lipinski definition) is 0. The zero-order valence-corrected chi connectivity index (χ0v) is 16.7. The Hall–Kier alpha value is -1.75. The van der Waals surface area contributed by atoms with Crippen molar-refractivity contribution in [2.45, 2.75) is 51.5 Å². The van der Waals surface area contributed by atoms with E-state index in [2.05, 4.69) is 22.8 Å². The van der Waals surface area contributed by atoms with Gasteiger partial charge in [0.25, 0.3) is 0 Å². The lowest BCUT2D eigenvalue weighted by Gasteiger charge is -2.48. The number of rotatable bonds is 6. The van der Waals surface area contributed by atoms with Gasteiger partial charge in [-0.1, -0.05) is 6.07 Å². The van der Waals surface area contributed by atoms with Crippen LogP contribution in [0, 0.1) is 12.3 Å². The number of likely N-dealkylation sites (tertiary alicyclic amines) is 2. The molecule has 4 rings (SSSR count). The highest BCUT2D eigenvalue weighted by molar-refractivity contribution is 5.78. The molecule has 3 fully saturated rings. The van der Waals surface area contributed by atoms with Gasteiger partial charge in [0.1, 0.15) is 6.61 Å². The highest BCUT2D eigenvalue weighted by Gasteiger charge is 2.45. The minimum atomic E-state index is 0.302. The van der Waals surface area contributed by atoms with Gasteiger partial charge in [0.05, 0.1) is 7.11 Å². The van der Waals surface area contributed by atoms with Crippen molar-refractivity contribution in [1.29, 1.82) is 0 Å². The SMILES string of the molecule is COc1cc(C)ccc1OCCN1CCC[C@@]2(CCC(=O)N(C3CC3)C2)C1. The van der Waals surface area contributed by atoms with E-state index in [-0.39, 0.29) is 0 Å². The van der Waals surface area contributed by atoms with Gasteiger partial charge >= 0.3 is 0 Å². The molecule has 2 aliphatic heterocycles. The van der Waals surface area contributed by atoms with E-state index in [1.807, 2.05) is 12.1 Å². The van der Waals surface area contributed by atoms with E-state index in [1.165, 1.54) is 31.2 Å². The van der Waals surface area contributed by atoms with Gasteiger partial charge in [-0.3, -0.25) is 9.69 Å². The van der Waals surface area contributed by atoms with Crippen LogP contribution in [0.5, 0.6) is 11.5 Å². The number of carbonyl (C=O) groups excluding carboxylic acids is 1. The van der Waals surface area contributed by atoms with Crippen LogP contribution in [0.2, 0.25) is 0 Å². The fourth-order valence-corrected chi connectivity index (χ4v) is 4.78. The predicted octanol–water partition coefficient (Wildman–Crippen LogP) is 3.25. The number of ether oxygens (including phenoxy) is 2. The van der Waals surface area contributed by atoms with Crippen molar-refractivity contribution in [3.63, 3.8) is 0 Å². The Labute approximate surface area is 162 Å². The largest absolute Gasteiger partial charge is 0.493 e. The average molecular weight is 373 g/mol. The van der Waals surface area contributed by atoms with E-state index in [1.54, 1.807) is 7.11 Å². The molecule has 0 radical (unpaired) electrons. The second kappa shape index (κ2) is 7.70. The van der Waals surface area contributed by atoms with Gasteiger partial charge in [-0.15, -0.1) is 0 Å². The molecule has 0 aromatic heterocycles. The lowest BCUT2D eigenvalue weighted by Crippen LogP contribution is -2.55. The van der Waals surface area contributed by atoms with Crippen LogP contribution in [-0.2, 0) is 4.79 Å². The van der Waals surface area contributed by atoms with Crippen molar-refractivity contribution in [1.82, 2.24) is 9.80 Å². The third-order valence-electron chi connectivity index (χ3n) is 6.41.